The summed E-state index contributed by atoms with van der Waals surface area (Å²) in [5, 5.41) is 0.598. The molecule has 0 atom stereocenters. The molecular weight excluding hydrogens is 389 g/mol. The number of carbonyl (C=O) groups excluding carboxylic acids is 1. The molecule has 1 N–H and O–H groups in total. The van der Waals surface area contributed by atoms with Crippen LogP contribution < -0.4 is 9.80 Å². The van der Waals surface area contributed by atoms with Crippen molar-refractivity contribution in [1.29, 1.82) is 0 Å². The largest absolute Gasteiger partial charge is 0.370 e. The average molecular weight is 413 g/mol. The van der Waals surface area contributed by atoms with Crippen LogP contribution in [0.1, 0.15) is 5.56 Å². The molecule has 0 saturated carbocycles. The molecule has 1 fully saturated rings. The highest BCUT2D eigenvalue weighted by Crippen LogP contribution is 2.29. The van der Waals surface area contributed by atoms with Crippen LogP contribution in [-0.4, -0.2) is 50.3 Å². The van der Waals surface area contributed by atoms with Crippen molar-refractivity contribution < 1.29 is 18.8 Å². The number of morpholine rings is 1. The van der Waals surface area contributed by atoms with Gasteiger partial charge >= 0.3 is 0 Å². The van der Waals surface area contributed by atoms with E-state index in [9.17, 15) is 9.18 Å². The monoisotopic (exact) mass is 412 g/mol. The van der Waals surface area contributed by atoms with Crippen LogP contribution in [0.3, 0.4) is 0 Å². The first-order chi connectivity index (χ1) is 14.2. The van der Waals surface area contributed by atoms with Gasteiger partial charge in [0.15, 0.2) is 5.13 Å². The molecule has 0 aliphatic carbocycles. The summed E-state index contributed by atoms with van der Waals surface area (Å²) in [5.41, 5.74) is 1.67. The van der Waals surface area contributed by atoms with E-state index in [0.29, 0.717) is 17.2 Å². The predicted molar refractivity (Wildman–Crippen MR) is 114 cm³/mol. The lowest BCUT2D eigenvalue weighted by Crippen LogP contribution is -3.14. The van der Waals surface area contributed by atoms with Gasteiger partial charge in [-0.3, -0.25) is 9.69 Å². The number of amides is 1. The van der Waals surface area contributed by atoms with Crippen molar-refractivity contribution in [3.8, 4) is 0 Å². The Morgan fingerprint density at radius 2 is 2.00 bits per heavy atom. The molecule has 0 bridgehead atoms. The zero-order valence-corrected chi connectivity index (χ0v) is 16.8. The first kappa shape index (κ1) is 19.7. The van der Waals surface area contributed by atoms with Gasteiger partial charge in [-0.2, -0.15) is 0 Å². The van der Waals surface area contributed by atoms with Gasteiger partial charge in [-0.15, -0.1) is 0 Å². The molecule has 29 heavy (non-hydrogen) atoms. The lowest BCUT2D eigenvalue weighted by Gasteiger charge is -2.26. The Morgan fingerprint density at radius 1 is 1.21 bits per heavy atom. The van der Waals surface area contributed by atoms with E-state index < -0.39 is 0 Å². The highest BCUT2D eigenvalue weighted by Gasteiger charge is 2.21. The second-order valence-electron chi connectivity index (χ2n) is 6.95. The molecule has 4 rings (SSSR count). The smallest absolute Gasteiger partial charge is 0.252 e. The highest BCUT2D eigenvalue weighted by atomic mass is 32.1. The van der Waals surface area contributed by atoms with Gasteiger partial charge in [-0.1, -0.05) is 41.7 Å². The van der Waals surface area contributed by atoms with Gasteiger partial charge in [0, 0.05) is 6.08 Å². The number of rotatable bonds is 6. The number of fused-ring (bicyclic) bond motifs is 1. The van der Waals surface area contributed by atoms with Gasteiger partial charge < -0.3 is 9.64 Å². The molecule has 1 aromatic heterocycles. The van der Waals surface area contributed by atoms with Crippen LogP contribution in [0.5, 0.6) is 0 Å². The van der Waals surface area contributed by atoms with Crippen LogP contribution in [0.4, 0.5) is 9.52 Å². The first-order valence-electron chi connectivity index (χ1n) is 9.71. The highest BCUT2D eigenvalue weighted by molar-refractivity contribution is 7.22. The summed E-state index contributed by atoms with van der Waals surface area (Å²) in [7, 11) is 0. The maximum Gasteiger partial charge on any atom is 0.252 e. The number of anilines is 1. The molecule has 7 heteroatoms. The molecule has 2 aromatic carbocycles. The van der Waals surface area contributed by atoms with Crippen LogP contribution in [0, 0.1) is 5.82 Å². The van der Waals surface area contributed by atoms with E-state index in [1.54, 1.807) is 17.0 Å². The Balaban J connectivity index is 1.56. The number of aromatic nitrogens is 1. The van der Waals surface area contributed by atoms with E-state index in [2.05, 4.69) is 4.98 Å². The number of hydrogen-bond acceptors (Lipinski definition) is 4. The summed E-state index contributed by atoms with van der Waals surface area (Å²) >= 11 is 1.34. The predicted octanol–water partition coefficient (Wildman–Crippen LogP) is 2.40. The Kier molecular flexibility index (Phi) is 6.29. The Hall–Kier alpha value is -2.61. The molecular formula is C22H23FN3O2S+. The maximum atomic E-state index is 13.6. The van der Waals surface area contributed by atoms with Gasteiger partial charge in [0.05, 0.1) is 36.5 Å². The van der Waals surface area contributed by atoms with Crippen LogP contribution in [0.15, 0.2) is 54.6 Å². The van der Waals surface area contributed by atoms with Gasteiger partial charge in [0.2, 0.25) is 0 Å². The fraction of sp³-hybridized carbons (Fsp3) is 0.273. The van der Waals surface area contributed by atoms with Crippen LogP contribution in [0.2, 0.25) is 0 Å². The summed E-state index contributed by atoms with van der Waals surface area (Å²) in [6.07, 6.45) is 3.39. The van der Waals surface area contributed by atoms with E-state index in [4.69, 9.17) is 4.74 Å². The molecule has 3 aromatic rings. The maximum absolute atomic E-state index is 13.6. The third-order valence-electron chi connectivity index (χ3n) is 4.94. The molecule has 150 valence electrons. The number of ether oxygens (including phenoxy) is 1. The normalized spacial score (nSPS) is 15.2. The van der Waals surface area contributed by atoms with Crippen molar-refractivity contribution in [2.45, 2.75) is 0 Å². The quantitative estimate of drug-likeness (QED) is 0.633. The Morgan fingerprint density at radius 3 is 2.79 bits per heavy atom. The van der Waals surface area contributed by atoms with Gasteiger partial charge in [0.1, 0.15) is 18.9 Å². The second kappa shape index (κ2) is 9.26. The molecule has 0 unspecified atom stereocenters. The number of hydrogen-bond donors (Lipinski definition) is 1. The molecule has 2 heterocycles. The number of nitrogens with one attached hydrogen (secondary N) is 1. The SMILES string of the molecule is O=C(/C=C/c1ccccc1)N(CC[NH+]1CCOCC1)c1nc2ccc(F)cc2s1. The fourth-order valence-electron chi connectivity index (χ4n) is 3.30. The van der Waals surface area contributed by atoms with Gasteiger partial charge in [-0.25, -0.2) is 9.37 Å². The minimum absolute atomic E-state index is 0.124. The Bertz CT molecular complexity index is 1000. The van der Waals surface area contributed by atoms with Crippen molar-refractivity contribution in [2.24, 2.45) is 0 Å². The number of carbonyl (C=O) groups is 1. The Labute approximate surface area is 173 Å². The van der Waals surface area contributed by atoms with Crippen molar-refractivity contribution in [2.75, 3.05) is 44.3 Å². The van der Waals surface area contributed by atoms with E-state index in [1.165, 1.54) is 28.4 Å². The van der Waals surface area contributed by atoms with Gasteiger partial charge in [-0.05, 0) is 29.8 Å². The number of thiazole rings is 1. The fourth-order valence-corrected chi connectivity index (χ4v) is 4.33. The zero-order valence-electron chi connectivity index (χ0n) is 16.0. The summed E-state index contributed by atoms with van der Waals surface area (Å²) in [6.45, 7) is 4.74. The lowest BCUT2D eigenvalue weighted by molar-refractivity contribution is -0.906. The van der Waals surface area contributed by atoms with E-state index >= 15 is 0 Å². The molecule has 1 amide bonds. The third-order valence-corrected chi connectivity index (χ3v) is 5.98. The van der Waals surface area contributed by atoms with Crippen molar-refractivity contribution in [3.05, 3.63) is 66.0 Å². The molecule has 0 radical (unpaired) electrons. The van der Waals surface area contributed by atoms with Gasteiger partial charge in [0.25, 0.3) is 5.91 Å². The zero-order chi connectivity index (χ0) is 20.1. The van der Waals surface area contributed by atoms with Crippen molar-refractivity contribution in [3.63, 3.8) is 0 Å². The molecule has 1 aliphatic rings. The number of nitrogens with zero attached hydrogens (tertiary/aromatic N) is 2. The number of halogens is 1. The van der Waals surface area contributed by atoms with E-state index in [-0.39, 0.29) is 11.7 Å². The second-order valence-corrected chi connectivity index (χ2v) is 7.96. The average Bonchev–Trinajstić information content (AvgIpc) is 3.16. The van der Waals surface area contributed by atoms with Crippen LogP contribution >= 0.6 is 11.3 Å². The first-order valence-corrected chi connectivity index (χ1v) is 10.5. The summed E-state index contributed by atoms with van der Waals surface area (Å²) in [4.78, 5) is 20.7. The van der Waals surface area contributed by atoms with E-state index in [1.807, 2.05) is 36.4 Å². The standard InChI is InChI=1S/C22H22FN3O2S/c23-18-7-8-19-20(16-18)29-22(24-19)26(11-10-25-12-14-28-15-13-25)21(27)9-6-17-4-2-1-3-5-17/h1-9,16H,10-15H2/p+1/b9-6+. The van der Waals surface area contributed by atoms with Crippen LogP contribution in [-0.2, 0) is 9.53 Å². The topological polar surface area (TPSA) is 46.9 Å². The summed E-state index contributed by atoms with van der Waals surface area (Å²) in [5.74, 6) is -0.423. The minimum atomic E-state index is -0.299. The van der Waals surface area contributed by atoms with Crippen LogP contribution in [0.25, 0.3) is 16.3 Å². The van der Waals surface area contributed by atoms with E-state index in [0.717, 1.165) is 43.1 Å². The molecule has 0 spiro atoms. The lowest BCUT2D eigenvalue weighted by atomic mass is 10.2. The van der Waals surface area contributed by atoms with Crippen molar-refractivity contribution >= 4 is 38.7 Å². The minimum Gasteiger partial charge on any atom is -0.370 e. The van der Waals surface area contributed by atoms with Crippen molar-refractivity contribution in [1.82, 2.24) is 4.98 Å². The summed E-state index contributed by atoms with van der Waals surface area (Å²) < 4.78 is 19.7. The molecule has 1 aliphatic heterocycles. The number of quaternary nitrogens is 1. The number of benzene rings is 2. The molecule has 5 nitrogen and oxygen atoms in total. The third kappa shape index (κ3) is 5.06. The molecule has 1 saturated heterocycles. The summed E-state index contributed by atoms with van der Waals surface area (Å²) in [6, 6.07) is 14.2.